The molecule has 43 heavy (non-hydrogen) atoms. The van der Waals surface area contributed by atoms with Crippen LogP contribution >= 0.6 is 0 Å². The van der Waals surface area contributed by atoms with Gasteiger partial charge in [-0.1, -0.05) is 53.6 Å². The molecule has 12 heteroatoms. The number of anilines is 1. The topological polar surface area (TPSA) is 115 Å². The van der Waals surface area contributed by atoms with Gasteiger partial charge in [-0.25, -0.2) is 21.6 Å². The van der Waals surface area contributed by atoms with E-state index in [4.69, 9.17) is 0 Å². The molecule has 1 amide bonds. The second kappa shape index (κ2) is 12.7. The number of azide groups is 1. The van der Waals surface area contributed by atoms with Crippen molar-refractivity contribution in [1.82, 2.24) is 4.31 Å². The largest absolute Gasteiger partial charge is 0.325 e. The van der Waals surface area contributed by atoms with Gasteiger partial charge in [-0.15, -0.1) is 0 Å². The molecule has 1 aliphatic heterocycles. The Kier molecular flexibility index (Phi) is 8.81. The zero-order valence-electron chi connectivity index (χ0n) is 22.6. The number of halogens is 3. The molecule has 2 unspecified atom stereocenters. The van der Waals surface area contributed by atoms with E-state index in [2.05, 4.69) is 15.3 Å². The third-order valence-electron chi connectivity index (χ3n) is 7.29. The zero-order valence-corrected chi connectivity index (χ0v) is 23.5. The van der Waals surface area contributed by atoms with Gasteiger partial charge in [0.25, 0.3) is 0 Å². The first-order chi connectivity index (χ1) is 20.7. The summed E-state index contributed by atoms with van der Waals surface area (Å²) in [5, 5.41) is 6.33. The summed E-state index contributed by atoms with van der Waals surface area (Å²) in [5.74, 6) is -3.70. The molecule has 1 fully saturated rings. The van der Waals surface area contributed by atoms with E-state index in [0.717, 1.165) is 0 Å². The third kappa shape index (κ3) is 6.72. The molecule has 0 aromatic heterocycles. The number of hydrogen-bond acceptors (Lipinski definition) is 4. The average Bonchev–Trinajstić information content (AvgIpc) is 3.78. The summed E-state index contributed by atoms with van der Waals surface area (Å²) in [6.45, 7) is 0.287. The molecule has 1 saturated heterocycles. The first-order valence-corrected chi connectivity index (χ1v) is 14.8. The Morgan fingerprint density at radius 2 is 1.56 bits per heavy atom. The highest BCUT2D eigenvalue weighted by molar-refractivity contribution is 7.89. The van der Waals surface area contributed by atoms with Gasteiger partial charge in [0.15, 0.2) is 0 Å². The van der Waals surface area contributed by atoms with Crippen molar-refractivity contribution in [2.24, 2.45) is 5.11 Å². The minimum atomic E-state index is -3.67. The molecule has 0 spiro atoms. The summed E-state index contributed by atoms with van der Waals surface area (Å²) < 4.78 is 70.6. The lowest BCUT2D eigenvalue weighted by atomic mass is 9.84. The Hall–Kier alpha value is -4.64. The molecule has 1 N–H and O–H groups in total. The third-order valence-corrected chi connectivity index (χ3v) is 9.23. The standard InChI is InChI=1S/C31H26F3N5O3S/c32-22-9-4-7-20(17-22)29(21-8-5-10-23(33)18-21)30(37-38-35)31(40)36-28-14-6-13-27(34)26(28)16-15-24-19-39(24)43(41,42)25-11-2-1-3-12-25/h1-14,17-18,24,29-30H,15-16,19H2,(H,36,40)/t24?,30?,39-/m0/s1. The van der Waals surface area contributed by atoms with Crippen molar-refractivity contribution in [3.05, 3.63) is 142 Å². The van der Waals surface area contributed by atoms with Crippen LogP contribution in [0, 0.1) is 17.5 Å². The number of carbonyl (C=O) groups excluding carboxylic acids is 1. The SMILES string of the molecule is [N-]=[N+]=NC(C(=O)Nc1cccc(F)c1CCC1C[N@]1S(=O)(=O)c1ccccc1)C(c1cccc(F)c1)c1cccc(F)c1. The van der Waals surface area contributed by atoms with Gasteiger partial charge in [0.2, 0.25) is 15.9 Å². The summed E-state index contributed by atoms with van der Waals surface area (Å²) in [6.07, 6.45) is 0.405. The van der Waals surface area contributed by atoms with E-state index in [-0.39, 0.29) is 46.3 Å². The van der Waals surface area contributed by atoms with Gasteiger partial charge in [0, 0.05) is 34.7 Å². The maximum absolute atomic E-state index is 15.0. The van der Waals surface area contributed by atoms with E-state index in [1.807, 2.05) is 0 Å². The molecule has 1 heterocycles. The molecule has 0 saturated carbocycles. The number of hydrogen-bond donors (Lipinski definition) is 1. The second-order valence-corrected chi connectivity index (χ2v) is 12.0. The summed E-state index contributed by atoms with van der Waals surface area (Å²) in [7, 11) is -3.67. The number of sulfonamides is 1. The van der Waals surface area contributed by atoms with Gasteiger partial charge in [-0.3, -0.25) is 4.79 Å². The summed E-state index contributed by atoms with van der Waals surface area (Å²) in [5.41, 5.74) is 10.1. The van der Waals surface area contributed by atoms with Crippen LogP contribution in [0.15, 0.2) is 107 Å². The summed E-state index contributed by atoms with van der Waals surface area (Å²) >= 11 is 0. The Labute approximate surface area is 246 Å². The fourth-order valence-electron chi connectivity index (χ4n) is 5.15. The number of amides is 1. The molecular weight excluding hydrogens is 579 g/mol. The molecule has 3 atom stereocenters. The molecule has 0 radical (unpaired) electrons. The Morgan fingerprint density at radius 1 is 0.930 bits per heavy atom. The van der Waals surface area contributed by atoms with Crippen molar-refractivity contribution in [3.63, 3.8) is 0 Å². The van der Waals surface area contributed by atoms with Crippen LogP contribution < -0.4 is 5.32 Å². The van der Waals surface area contributed by atoms with Crippen molar-refractivity contribution in [1.29, 1.82) is 0 Å². The van der Waals surface area contributed by atoms with Crippen molar-refractivity contribution in [3.8, 4) is 0 Å². The Balaban J connectivity index is 1.38. The smallest absolute Gasteiger partial charge is 0.243 e. The molecule has 8 nitrogen and oxygen atoms in total. The maximum atomic E-state index is 15.0. The Bertz CT molecular complexity index is 1750. The van der Waals surface area contributed by atoms with Crippen molar-refractivity contribution in [2.75, 3.05) is 11.9 Å². The van der Waals surface area contributed by atoms with Crippen LogP contribution in [0.3, 0.4) is 0 Å². The van der Waals surface area contributed by atoms with Gasteiger partial charge < -0.3 is 5.32 Å². The highest BCUT2D eigenvalue weighted by Crippen LogP contribution is 2.34. The Morgan fingerprint density at radius 3 is 2.16 bits per heavy atom. The molecule has 220 valence electrons. The normalized spacial score (nSPS) is 16.7. The molecular formula is C31H26F3N5O3S. The number of nitrogens with zero attached hydrogens (tertiary/aromatic N) is 4. The number of benzene rings is 4. The lowest BCUT2D eigenvalue weighted by Crippen LogP contribution is -2.33. The van der Waals surface area contributed by atoms with Crippen molar-refractivity contribution in [2.45, 2.75) is 35.7 Å². The predicted octanol–water partition coefficient (Wildman–Crippen LogP) is 6.56. The van der Waals surface area contributed by atoms with E-state index in [0.29, 0.717) is 6.42 Å². The first kappa shape index (κ1) is 29.8. The summed E-state index contributed by atoms with van der Waals surface area (Å²) in [6, 6.07) is 20.9. The highest BCUT2D eigenvalue weighted by Gasteiger charge is 2.44. The molecule has 4 aromatic rings. The van der Waals surface area contributed by atoms with Gasteiger partial charge >= 0.3 is 0 Å². The number of nitrogens with one attached hydrogen (secondary N) is 1. The molecule has 0 bridgehead atoms. The number of rotatable bonds is 11. The van der Waals surface area contributed by atoms with Crippen LogP contribution in [-0.2, 0) is 21.2 Å². The quantitative estimate of drug-likeness (QED) is 0.0904. The van der Waals surface area contributed by atoms with Crippen LogP contribution in [0.4, 0.5) is 18.9 Å². The van der Waals surface area contributed by atoms with Crippen LogP contribution in [0.5, 0.6) is 0 Å². The minimum Gasteiger partial charge on any atom is -0.325 e. The second-order valence-electron chi connectivity index (χ2n) is 10.1. The first-order valence-electron chi connectivity index (χ1n) is 13.4. The van der Waals surface area contributed by atoms with Crippen LogP contribution in [0.25, 0.3) is 10.4 Å². The van der Waals surface area contributed by atoms with Crippen molar-refractivity contribution >= 4 is 21.6 Å². The van der Waals surface area contributed by atoms with Crippen molar-refractivity contribution < 1.29 is 26.4 Å². The molecule has 5 rings (SSSR count). The van der Waals surface area contributed by atoms with E-state index in [1.54, 1.807) is 18.2 Å². The monoisotopic (exact) mass is 605 g/mol. The van der Waals surface area contributed by atoms with Crippen LogP contribution in [0.1, 0.15) is 29.0 Å². The van der Waals surface area contributed by atoms with E-state index in [1.165, 1.54) is 83.2 Å². The minimum absolute atomic E-state index is 0.108. The van der Waals surface area contributed by atoms with Gasteiger partial charge in [0.05, 0.1) is 4.90 Å². The number of carbonyl (C=O) groups is 1. The predicted molar refractivity (Wildman–Crippen MR) is 155 cm³/mol. The lowest BCUT2D eigenvalue weighted by molar-refractivity contribution is -0.117. The van der Waals surface area contributed by atoms with Gasteiger partial charge in [0.1, 0.15) is 23.5 Å². The van der Waals surface area contributed by atoms with E-state index >= 15 is 4.39 Å². The fourth-order valence-corrected chi connectivity index (χ4v) is 6.79. The van der Waals surface area contributed by atoms with E-state index < -0.39 is 45.3 Å². The van der Waals surface area contributed by atoms with Gasteiger partial charge in [-0.05, 0) is 78.0 Å². The van der Waals surface area contributed by atoms with Gasteiger partial charge in [-0.2, -0.15) is 4.31 Å². The van der Waals surface area contributed by atoms with Crippen LogP contribution in [-0.4, -0.2) is 37.3 Å². The molecule has 0 aliphatic carbocycles. The van der Waals surface area contributed by atoms with Crippen LogP contribution in [0.2, 0.25) is 0 Å². The maximum Gasteiger partial charge on any atom is 0.243 e. The van der Waals surface area contributed by atoms with E-state index in [9.17, 15) is 27.5 Å². The zero-order chi connectivity index (χ0) is 30.6. The fraction of sp³-hybridized carbons (Fsp3) is 0.194. The lowest BCUT2D eigenvalue weighted by Gasteiger charge is -2.25. The highest BCUT2D eigenvalue weighted by atomic mass is 32.2. The summed E-state index contributed by atoms with van der Waals surface area (Å²) in [4.78, 5) is 16.6. The average molecular weight is 606 g/mol. The molecule has 4 aromatic carbocycles. The molecule has 1 aliphatic rings.